The number of benzene rings is 1. The SMILES string of the molecule is CCCCCCCCCCCCCCCCC(C)(C)C(=O)OC[N+]1(C)CCc2c(c3cc(C)ccc3n2CCc2ccc(C)nc2)C1. The number of unbranched alkanes of at least 4 members (excludes halogenated alkanes) is 13. The molecule has 260 valence electrons. The number of likely N-dealkylation sites (N-methyl/N-ethyl adjacent to an activating group) is 1. The Kier molecular flexibility index (Phi) is 14.4. The van der Waals surface area contributed by atoms with E-state index in [1.807, 2.05) is 13.1 Å². The van der Waals surface area contributed by atoms with E-state index in [0.29, 0.717) is 6.73 Å². The van der Waals surface area contributed by atoms with Gasteiger partial charge in [-0.05, 0) is 64.3 Å². The molecule has 0 saturated carbocycles. The molecule has 0 radical (unpaired) electrons. The van der Waals surface area contributed by atoms with Crippen LogP contribution in [-0.4, -0.2) is 40.3 Å². The van der Waals surface area contributed by atoms with Gasteiger partial charge in [-0.1, -0.05) is 115 Å². The minimum Gasteiger partial charge on any atom is -0.415 e. The van der Waals surface area contributed by atoms with E-state index in [2.05, 4.69) is 74.6 Å². The van der Waals surface area contributed by atoms with E-state index >= 15 is 0 Å². The molecule has 3 aromatic rings. The van der Waals surface area contributed by atoms with Crippen LogP contribution < -0.4 is 0 Å². The fourth-order valence-corrected chi connectivity index (χ4v) is 7.42. The van der Waals surface area contributed by atoms with E-state index in [1.54, 1.807) is 0 Å². The second kappa shape index (κ2) is 18.2. The van der Waals surface area contributed by atoms with Crippen molar-refractivity contribution in [1.82, 2.24) is 9.55 Å². The molecule has 1 atom stereocenters. The maximum Gasteiger partial charge on any atom is 0.315 e. The molecular weight excluding hydrogens is 578 g/mol. The maximum absolute atomic E-state index is 13.3. The Labute approximate surface area is 287 Å². The zero-order valence-corrected chi connectivity index (χ0v) is 31.0. The number of rotatable bonds is 21. The second-order valence-electron chi connectivity index (χ2n) is 15.7. The summed E-state index contributed by atoms with van der Waals surface area (Å²) in [5, 5.41) is 1.36. The number of esters is 1. The predicted octanol–water partition coefficient (Wildman–Crippen LogP) is 10.8. The smallest absolute Gasteiger partial charge is 0.315 e. The highest BCUT2D eigenvalue weighted by molar-refractivity contribution is 5.86. The van der Waals surface area contributed by atoms with Crippen LogP contribution in [0.4, 0.5) is 0 Å². The normalized spacial score (nSPS) is 16.5. The van der Waals surface area contributed by atoms with Crippen LogP contribution in [0.3, 0.4) is 0 Å². The molecule has 1 aromatic carbocycles. The number of carbonyl (C=O) groups excluding carboxylic acids is 1. The molecule has 0 spiro atoms. The molecule has 47 heavy (non-hydrogen) atoms. The van der Waals surface area contributed by atoms with Gasteiger partial charge in [0.2, 0.25) is 6.73 Å². The van der Waals surface area contributed by atoms with Crippen LogP contribution in [0.2, 0.25) is 0 Å². The average Bonchev–Trinajstić information content (AvgIpc) is 3.34. The van der Waals surface area contributed by atoms with Crippen molar-refractivity contribution in [2.45, 2.75) is 157 Å². The lowest BCUT2D eigenvalue weighted by Crippen LogP contribution is -2.50. The molecule has 0 fully saturated rings. The lowest BCUT2D eigenvalue weighted by atomic mass is 9.87. The fraction of sp³-hybridized carbons (Fsp3) is 0.667. The summed E-state index contributed by atoms with van der Waals surface area (Å²) in [6, 6.07) is 11.2. The Balaban J connectivity index is 1.20. The highest BCUT2D eigenvalue weighted by Crippen LogP contribution is 2.35. The average molecular weight is 645 g/mol. The summed E-state index contributed by atoms with van der Waals surface area (Å²) in [5.74, 6) is -0.0395. The van der Waals surface area contributed by atoms with Gasteiger partial charge in [0.15, 0.2) is 0 Å². The summed E-state index contributed by atoms with van der Waals surface area (Å²) in [7, 11) is 2.26. The highest BCUT2D eigenvalue weighted by Gasteiger charge is 2.36. The third kappa shape index (κ3) is 11.2. The van der Waals surface area contributed by atoms with E-state index in [-0.39, 0.29) is 5.97 Å². The van der Waals surface area contributed by atoms with Gasteiger partial charge in [0.25, 0.3) is 0 Å². The van der Waals surface area contributed by atoms with Crippen molar-refractivity contribution in [1.29, 1.82) is 0 Å². The fourth-order valence-electron chi connectivity index (χ4n) is 7.42. The van der Waals surface area contributed by atoms with Crippen LogP contribution in [-0.2, 0) is 35.5 Å². The van der Waals surface area contributed by atoms with Crippen molar-refractivity contribution >= 4 is 16.9 Å². The quantitative estimate of drug-likeness (QED) is 0.0658. The summed E-state index contributed by atoms with van der Waals surface area (Å²) in [4.78, 5) is 17.8. The van der Waals surface area contributed by atoms with Gasteiger partial charge in [-0.25, -0.2) is 0 Å². The Bertz CT molecular complexity index is 1390. The summed E-state index contributed by atoms with van der Waals surface area (Å²) in [5.41, 5.74) is 7.39. The highest BCUT2D eigenvalue weighted by atomic mass is 16.5. The summed E-state index contributed by atoms with van der Waals surface area (Å²) >= 11 is 0. The van der Waals surface area contributed by atoms with Gasteiger partial charge in [-0.2, -0.15) is 0 Å². The Hall–Kier alpha value is -2.66. The molecule has 5 heteroatoms. The van der Waals surface area contributed by atoms with Crippen molar-refractivity contribution in [3.8, 4) is 0 Å². The third-order valence-corrected chi connectivity index (χ3v) is 10.7. The minimum atomic E-state index is -0.435. The van der Waals surface area contributed by atoms with Crippen LogP contribution in [0, 0.1) is 19.3 Å². The largest absolute Gasteiger partial charge is 0.415 e. The van der Waals surface area contributed by atoms with Crippen molar-refractivity contribution in [2.24, 2.45) is 5.41 Å². The molecule has 4 rings (SSSR count). The van der Waals surface area contributed by atoms with Crippen LogP contribution in [0.1, 0.15) is 145 Å². The van der Waals surface area contributed by atoms with Crippen LogP contribution in [0.25, 0.3) is 10.9 Å². The molecular formula is C42H66N3O2+. The third-order valence-electron chi connectivity index (χ3n) is 10.7. The molecule has 1 aliphatic heterocycles. The monoisotopic (exact) mass is 645 g/mol. The lowest BCUT2D eigenvalue weighted by molar-refractivity contribution is -0.940. The van der Waals surface area contributed by atoms with Gasteiger partial charge in [0, 0.05) is 47.0 Å². The number of pyridine rings is 1. The van der Waals surface area contributed by atoms with Crippen molar-refractivity contribution in [3.63, 3.8) is 0 Å². The zero-order valence-electron chi connectivity index (χ0n) is 31.0. The maximum atomic E-state index is 13.3. The Morgan fingerprint density at radius 3 is 2.15 bits per heavy atom. The molecule has 1 unspecified atom stereocenters. The van der Waals surface area contributed by atoms with E-state index in [9.17, 15) is 4.79 Å². The summed E-state index contributed by atoms with van der Waals surface area (Å²) < 4.78 is 9.39. The number of fused-ring (bicyclic) bond motifs is 3. The van der Waals surface area contributed by atoms with Crippen molar-refractivity contribution < 1.29 is 14.0 Å². The molecule has 0 amide bonds. The van der Waals surface area contributed by atoms with Gasteiger partial charge in [-0.3, -0.25) is 14.3 Å². The number of carbonyl (C=O) groups is 1. The number of aromatic nitrogens is 2. The first-order chi connectivity index (χ1) is 22.6. The van der Waals surface area contributed by atoms with Crippen molar-refractivity contribution in [3.05, 3.63) is 64.6 Å². The Morgan fingerprint density at radius 2 is 1.53 bits per heavy atom. The molecule has 0 bridgehead atoms. The molecule has 1 aliphatic rings. The Morgan fingerprint density at radius 1 is 0.894 bits per heavy atom. The number of quaternary nitrogens is 1. The first kappa shape index (κ1) is 37.2. The van der Waals surface area contributed by atoms with Crippen LogP contribution in [0.15, 0.2) is 36.5 Å². The van der Waals surface area contributed by atoms with Gasteiger partial charge in [-0.15, -0.1) is 0 Å². The topological polar surface area (TPSA) is 44.1 Å². The van der Waals surface area contributed by atoms with E-state index in [4.69, 9.17) is 4.74 Å². The zero-order chi connectivity index (χ0) is 33.7. The van der Waals surface area contributed by atoms with Gasteiger partial charge >= 0.3 is 5.97 Å². The van der Waals surface area contributed by atoms with Crippen molar-refractivity contribution in [2.75, 3.05) is 20.3 Å². The number of hydrogen-bond donors (Lipinski definition) is 0. The predicted molar refractivity (Wildman–Crippen MR) is 197 cm³/mol. The number of ether oxygens (including phenoxy) is 1. The van der Waals surface area contributed by atoms with Gasteiger partial charge < -0.3 is 9.30 Å². The second-order valence-corrected chi connectivity index (χ2v) is 15.7. The number of hydrogen-bond acceptors (Lipinski definition) is 3. The van der Waals surface area contributed by atoms with E-state index < -0.39 is 5.41 Å². The lowest BCUT2D eigenvalue weighted by Gasteiger charge is -2.38. The standard InChI is InChI=1S/C42H66N3O2/c1-7-8-9-10-11-12-13-14-15-16-17-18-19-20-27-42(4,5)41(46)47-33-45(6)29-26-40-38(32-45)37-30-34(2)21-24-39(37)44(40)28-25-36-23-22-35(3)43-31-36/h21-24,30-31H,7-20,25-29,32-33H2,1-6H3/q+1. The number of aryl methyl sites for hydroxylation is 4. The number of nitrogens with zero attached hydrogens (tertiary/aromatic N) is 3. The molecule has 0 N–H and O–H groups in total. The minimum absolute atomic E-state index is 0.0395. The first-order valence-corrected chi connectivity index (χ1v) is 19.1. The van der Waals surface area contributed by atoms with Gasteiger partial charge in [0.05, 0.1) is 19.0 Å². The van der Waals surface area contributed by atoms with Gasteiger partial charge in [0.1, 0.15) is 6.54 Å². The molecule has 2 aromatic heterocycles. The molecule has 0 saturated heterocycles. The first-order valence-electron chi connectivity index (χ1n) is 19.1. The van der Waals surface area contributed by atoms with Crippen LogP contribution in [0.5, 0.6) is 0 Å². The van der Waals surface area contributed by atoms with E-state index in [1.165, 1.54) is 117 Å². The summed E-state index contributed by atoms with van der Waals surface area (Å²) in [6.45, 7) is 13.9. The molecule has 5 nitrogen and oxygen atoms in total. The molecule has 3 heterocycles. The molecule has 0 aliphatic carbocycles. The summed E-state index contributed by atoms with van der Waals surface area (Å²) in [6.07, 6.45) is 23.8. The van der Waals surface area contributed by atoms with E-state index in [0.717, 1.165) is 55.5 Å². The van der Waals surface area contributed by atoms with Crippen LogP contribution >= 0.6 is 0 Å².